The maximum atomic E-state index is 13.9. The van der Waals surface area contributed by atoms with Crippen molar-refractivity contribution in [3.8, 4) is 22.8 Å². The predicted octanol–water partition coefficient (Wildman–Crippen LogP) is 4.83. The van der Waals surface area contributed by atoms with E-state index in [9.17, 15) is 9.59 Å². The van der Waals surface area contributed by atoms with Gasteiger partial charge in [0.1, 0.15) is 18.7 Å². The zero-order valence-electron chi connectivity index (χ0n) is 21.4. The van der Waals surface area contributed by atoms with Crippen molar-refractivity contribution >= 4 is 39.8 Å². The van der Waals surface area contributed by atoms with Gasteiger partial charge in [-0.25, -0.2) is 4.79 Å². The number of aromatic nitrogens is 1. The van der Waals surface area contributed by atoms with E-state index in [-0.39, 0.29) is 11.9 Å². The van der Waals surface area contributed by atoms with Crippen LogP contribution < -0.4 is 19.7 Å². The van der Waals surface area contributed by atoms with Gasteiger partial charge < -0.3 is 33.9 Å². The number of rotatable bonds is 4. The minimum Gasteiger partial charge on any atom is -0.486 e. The molecule has 1 aliphatic carbocycles. The molecule has 4 aromatic rings. The third kappa shape index (κ3) is 3.82. The van der Waals surface area contributed by atoms with Crippen LogP contribution in [0.15, 0.2) is 53.1 Å². The Labute approximate surface area is 224 Å². The molecular weight excluding hydrogens is 500 g/mol. The summed E-state index contributed by atoms with van der Waals surface area (Å²) < 4.78 is 22.5. The second kappa shape index (κ2) is 9.23. The first-order valence-corrected chi connectivity index (χ1v) is 13.1. The van der Waals surface area contributed by atoms with Gasteiger partial charge in [0.15, 0.2) is 23.0 Å². The number of benzene rings is 3. The quantitative estimate of drug-likeness (QED) is 0.352. The molecule has 0 atom stereocenters. The predicted molar refractivity (Wildman–Crippen MR) is 144 cm³/mol. The van der Waals surface area contributed by atoms with Crippen LogP contribution in [-0.4, -0.2) is 67.9 Å². The summed E-state index contributed by atoms with van der Waals surface area (Å²) in [5.74, 6) is 1.83. The maximum absolute atomic E-state index is 13.9. The third-order valence-electron chi connectivity index (χ3n) is 7.35. The number of nitrogens with one attached hydrogen (secondary N) is 1. The first-order valence-electron chi connectivity index (χ1n) is 13.1. The highest BCUT2D eigenvalue weighted by Gasteiger charge is 2.34. The van der Waals surface area contributed by atoms with Gasteiger partial charge in [0.05, 0.1) is 28.9 Å². The Kier molecular flexibility index (Phi) is 5.54. The SMILES string of the molecule is CCOC(=O)N1CCN(c2cc(Nc3ccc4c(c3)OCCO4)c3c4c(onc24)-c2ccccc2C3=O)CC1. The lowest BCUT2D eigenvalue weighted by molar-refractivity contribution is 0.103. The third-order valence-corrected chi connectivity index (χ3v) is 7.35. The molecule has 10 nitrogen and oxygen atoms in total. The summed E-state index contributed by atoms with van der Waals surface area (Å²) in [6, 6.07) is 15.0. The molecule has 3 heterocycles. The summed E-state index contributed by atoms with van der Waals surface area (Å²) in [7, 11) is 0. The number of hydrogen-bond donors (Lipinski definition) is 1. The number of carbonyl (C=O) groups excluding carboxylic acids is 2. The number of carbonyl (C=O) groups is 2. The summed E-state index contributed by atoms with van der Waals surface area (Å²) in [6.07, 6.45) is -0.307. The van der Waals surface area contributed by atoms with Gasteiger partial charge in [-0.3, -0.25) is 4.79 Å². The van der Waals surface area contributed by atoms with E-state index >= 15 is 0 Å². The lowest BCUT2D eigenvalue weighted by atomic mass is 9.86. The molecule has 1 fully saturated rings. The molecule has 7 rings (SSSR count). The molecule has 3 aromatic carbocycles. The number of amides is 1. The van der Waals surface area contributed by atoms with E-state index in [1.165, 1.54) is 0 Å². The minimum atomic E-state index is -0.307. The van der Waals surface area contributed by atoms with Crippen LogP contribution in [0.5, 0.6) is 11.5 Å². The van der Waals surface area contributed by atoms with Crippen molar-refractivity contribution < 1.29 is 28.3 Å². The summed E-state index contributed by atoms with van der Waals surface area (Å²) in [5, 5.41) is 8.60. The molecule has 0 radical (unpaired) electrons. The number of ketones is 1. The van der Waals surface area contributed by atoms with Gasteiger partial charge in [-0.05, 0) is 25.1 Å². The lowest BCUT2D eigenvalue weighted by Crippen LogP contribution is -2.49. The van der Waals surface area contributed by atoms with E-state index in [1.807, 2.05) is 48.5 Å². The van der Waals surface area contributed by atoms with Crippen molar-refractivity contribution in [2.24, 2.45) is 0 Å². The highest BCUT2D eigenvalue weighted by atomic mass is 16.6. The minimum absolute atomic E-state index is 0.0926. The molecule has 198 valence electrons. The molecule has 0 spiro atoms. The Morgan fingerprint density at radius 2 is 1.77 bits per heavy atom. The van der Waals surface area contributed by atoms with Crippen LogP contribution in [-0.2, 0) is 4.74 Å². The molecule has 39 heavy (non-hydrogen) atoms. The van der Waals surface area contributed by atoms with Gasteiger partial charge in [-0.15, -0.1) is 0 Å². The fraction of sp³-hybridized carbons (Fsp3) is 0.276. The van der Waals surface area contributed by atoms with Crippen molar-refractivity contribution in [1.29, 1.82) is 0 Å². The summed E-state index contributed by atoms with van der Waals surface area (Å²) in [4.78, 5) is 30.0. The summed E-state index contributed by atoms with van der Waals surface area (Å²) in [5.41, 5.74) is 4.68. The van der Waals surface area contributed by atoms with Crippen molar-refractivity contribution in [1.82, 2.24) is 10.1 Å². The van der Waals surface area contributed by atoms with Crippen molar-refractivity contribution in [2.75, 3.05) is 56.2 Å². The van der Waals surface area contributed by atoms with Crippen LogP contribution in [0, 0.1) is 0 Å². The number of piperazine rings is 1. The average Bonchev–Trinajstić information content (AvgIpc) is 3.42. The van der Waals surface area contributed by atoms with E-state index in [4.69, 9.17) is 18.7 Å². The van der Waals surface area contributed by atoms with Gasteiger partial charge in [-0.1, -0.05) is 29.4 Å². The highest BCUT2D eigenvalue weighted by molar-refractivity contribution is 6.28. The van der Waals surface area contributed by atoms with Crippen molar-refractivity contribution in [3.05, 3.63) is 59.7 Å². The molecule has 1 saturated heterocycles. The fourth-order valence-corrected chi connectivity index (χ4v) is 5.50. The summed E-state index contributed by atoms with van der Waals surface area (Å²) >= 11 is 0. The van der Waals surface area contributed by atoms with Crippen LogP contribution in [0.2, 0.25) is 0 Å². The Morgan fingerprint density at radius 1 is 1.00 bits per heavy atom. The summed E-state index contributed by atoms with van der Waals surface area (Å²) in [6.45, 7) is 5.33. The van der Waals surface area contributed by atoms with E-state index < -0.39 is 0 Å². The van der Waals surface area contributed by atoms with E-state index in [0.29, 0.717) is 91.0 Å². The number of hydrogen-bond acceptors (Lipinski definition) is 9. The van der Waals surface area contributed by atoms with E-state index in [1.54, 1.807) is 11.8 Å². The van der Waals surface area contributed by atoms with Crippen LogP contribution in [0.1, 0.15) is 22.8 Å². The molecule has 0 unspecified atom stereocenters. The van der Waals surface area contributed by atoms with Gasteiger partial charge in [0, 0.05) is 49.1 Å². The maximum Gasteiger partial charge on any atom is 0.409 e. The molecule has 1 N–H and O–H groups in total. The fourth-order valence-electron chi connectivity index (χ4n) is 5.50. The first kappa shape index (κ1) is 23.4. The molecular formula is C29H26N4O6. The zero-order chi connectivity index (χ0) is 26.5. The van der Waals surface area contributed by atoms with E-state index in [2.05, 4.69) is 15.4 Å². The molecule has 1 amide bonds. The Morgan fingerprint density at radius 3 is 2.56 bits per heavy atom. The van der Waals surface area contributed by atoms with Crippen LogP contribution in [0.4, 0.5) is 21.9 Å². The standard InChI is InChI=1S/C29H26N4O6/c1-2-36-29(35)33-11-9-32(10-12-33)21-16-20(30-17-7-8-22-23(15-17)38-14-13-37-22)24-25-26(21)31-39-28(25)19-6-4-3-5-18(19)27(24)34/h3-8,15-16,30H,2,9-14H2,1H3. The molecule has 1 aromatic heterocycles. The number of ether oxygens (including phenoxy) is 3. The molecule has 10 heteroatoms. The second-order valence-corrected chi connectivity index (χ2v) is 9.58. The molecule has 0 saturated carbocycles. The Balaban J connectivity index is 1.33. The van der Waals surface area contributed by atoms with Gasteiger partial charge in [0.2, 0.25) is 0 Å². The Bertz CT molecular complexity index is 1620. The normalized spacial score (nSPS) is 15.8. The topological polar surface area (TPSA) is 106 Å². The molecule has 2 aliphatic heterocycles. The van der Waals surface area contributed by atoms with Crippen LogP contribution >= 0.6 is 0 Å². The zero-order valence-corrected chi connectivity index (χ0v) is 21.4. The van der Waals surface area contributed by atoms with Gasteiger partial charge >= 0.3 is 6.09 Å². The van der Waals surface area contributed by atoms with Crippen LogP contribution in [0.25, 0.3) is 22.2 Å². The second-order valence-electron chi connectivity index (χ2n) is 9.58. The van der Waals surface area contributed by atoms with Crippen molar-refractivity contribution in [3.63, 3.8) is 0 Å². The monoisotopic (exact) mass is 526 g/mol. The van der Waals surface area contributed by atoms with Crippen molar-refractivity contribution in [2.45, 2.75) is 6.92 Å². The first-order chi connectivity index (χ1) is 19.1. The number of fused-ring (bicyclic) bond motifs is 3. The van der Waals surface area contributed by atoms with Gasteiger partial charge in [0.25, 0.3) is 0 Å². The van der Waals surface area contributed by atoms with E-state index in [0.717, 1.165) is 16.9 Å². The lowest BCUT2D eigenvalue weighted by Gasteiger charge is -2.36. The Hall–Kier alpha value is -4.73. The highest BCUT2D eigenvalue weighted by Crippen LogP contribution is 2.47. The largest absolute Gasteiger partial charge is 0.486 e. The molecule has 3 aliphatic rings. The number of nitrogens with zero attached hydrogens (tertiary/aromatic N) is 3. The average molecular weight is 527 g/mol. The van der Waals surface area contributed by atoms with Gasteiger partial charge in [-0.2, -0.15) is 0 Å². The number of anilines is 3. The van der Waals surface area contributed by atoms with Crippen LogP contribution in [0.3, 0.4) is 0 Å². The smallest absolute Gasteiger partial charge is 0.409 e. The molecule has 0 bridgehead atoms.